The number of methoxy groups -OCH3 is 1. The molecule has 1 saturated heterocycles. The number of hydrogen-bond acceptors (Lipinski definition) is 6. The Bertz CT molecular complexity index is 953. The molecule has 0 saturated carbocycles. The number of nitrogens with one attached hydrogen (secondary N) is 1. The number of hydrogen-bond donors (Lipinski definition) is 1. The van der Waals surface area contributed by atoms with Gasteiger partial charge in [-0.3, -0.25) is 0 Å². The molecule has 4 rings (SSSR count). The van der Waals surface area contributed by atoms with Crippen molar-refractivity contribution in [3.8, 4) is 5.75 Å². The van der Waals surface area contributed by atoms with Gasteiger partial charge in [-0.1, -0.05) is 42.0 Å². The van der Waals surface area contributed by atoms with Gasteiger partial charge >= 0.3 is 0 Å². The summed E-state index contributed by atoms with van der Waals surface area (Å²) >= 11 is 0. The van der Waals surface area contributed by atoms with E-state index in [4.69, 9.17) is 4.74 Å². The van der Waals surface area contributed by atoms with Gasteiger partial charge in [0, 0.05) is 38.8 Å². The van der Waals surface area contributed by atoms with Crippen molar-refractivity contribution in [1.29, 1.82) is 0 Å². The quantitative estimate of drug-likeness (QED) is 0.693. The SMILES string of the molecule is COc1ccccc1N1CCN(c2cc(NCc3cccc(C)c3)ncn2)CC1. The van der Waals surface area contributed by atoms with Crippen molar-refractivity contribution in [2.75, 3.05) is 48.4 Å². The number of rotatable bonds is 6. The van der Waals surface area contributed by atoms with Gasteiger partial charge < -0.3 is 19.9 Å². The summed E-state index contributed by atoms with van der Waals surface area (Å²) in [5.74, 6) is 2.74. The average molecular weight is 390 g/mol. The van der Waals surface area contributed by atoms with Crippen LogP contribution in [0.15, 0.2) is 60.9 Å². The van der Waals surface area contributed by atoms with E-state index in [1.807, 2.05) is 18.2 Å². The lowest BCUT2D eigenvalue weighted by molar-refractivity contribution is 0.413. The fraction of sp³-hybridized carbons (Fsp3) is 0.304. The van der Waals surface area contributed by atoms with E-state index >= 15 is 0 Å². The van der Waals surface area contributed by atoms with E-state index in [-0.39, 0.29) is 0 Å². The van der Waals surface area contributed by atoms with Gasteiger partial charge in [0.25, 0.3) is 0 Å². The first-order valence-electron chi connectivity index (χ1n) is 9.97. The summed E-state index contributed by atoms with van der Waals surface area (Å²) < 4.78 is 5.51. The number of aromatic nitrogens is 2. The summed E-state index contributed by atoms with van der Waals surface area (Å²) in [5, 5.41) is 3.41. The second-order valence-electron chi connectivity index (χ2n) is 7.25. The molecule has 0 radical (unpaired) electrons. The number of anilines is 3. The first kappa shape index (κ1) is 19.1. The van der Waals surface area contributed by atoms with Crippen LogP contribution in [0.5, 0.6) is 5.75 Å². The standard InChI is InChI=1S/C23H27N5O/c1-18-6-5-7-19(14-18)16-24-22-15-23(26-17-25-22)28-12-10-27(11-13-28)20-8-3-4-9-21(20)29-2/h3-9,14-15,17H,10-13,16H2,1-2H3,(H,24,25,26). The molecule has 1 aromatic heterocycles. The fourth-order valence-electron chi connectivity index (χ4n) is 3.70. The fourth-order valence-corrected chi connectivity index (χ4v) is 3.70. The van der Waals surface area contributed by atoms with Crippen molar-refractivity contribution < 1.29 is 4.74 Å². The molecule has 0 unspecified atom stereocenters. The highest BCUT2D eigenvalue weighted by Crippen LogP contribution is 2.29. The number of aryl methyl sites for hydroxylation is 1. The highest BCUT2D eigenvalue weighted by Gasteiger charge is 2.20. The van der Waals surface area contributed by atoms with Crippen LogP contribution < -0.4 is 19.9 Å². The van der Waals surface area contributed by atoms with Crippen LogP contribution in [0.3, 0.4) is 0 Å². The highest BCUT2D eigenvalue weighted by atomic mass is 16.5. The Kier molecular flexibility index (Phi) is 5.79. The summed E-state index contributed by atoms with van der Waals surface area (Å²) in [6, 6.07) is 18.7. The van der Waals surface area contributed by atoms with Crippen LogP contribution in [0.2, 0.25) is 0 Å². The van der Waals surface area contributed by atoms with E-state index in [1.54, 1.807) is 13.4 Å². The minimum Gasteiger partial charge on any atom is -0.495 e. The Labute approximate surface area is 172 Å². The molecule has 3 aromatic rings. The number of piperazine rings is 1. The van der Waals surface area contributed by atoms with E-state index in [9.17, 15) is 0 Å². The zero-order valence-electron chi connectivity index (χ0n) is 17.0. The summed E-state index contributed by atoms with van der Waals surface area (Å²) in [5.41, 5.74) is 3.66. The molecule has 6 heteroatoms. The molecule has 29 heavy (non-hydrogen) atoms. The molecule has 1 aliphatic rings. The van der Waals surface area contributed by atoms with Crippen LogP contribution in [0.4, 0.5) is 17.3 Å². The lowest BCUT2D eigenvalue weighted by Crippen LogP contribution is -2.47. The van der Waals surface area contributed by atoms with E-state index in [0.717, 1.165) is 55.8 Å². The first-order chi connectivity index (χ1) is 14.2. The molecule has 0 amide bonds. The summed E-state index contributed by atoms with van der Waals surface area (Å²) in [6.45, 7) is 6.53. The monoisotopic (exact) mass is 389 g/mol. The second-order valence-corrected chi connectivity index (χ2v) is 7.25. The molecule has 1 aliphatic heterocycles. The topological polar surface area (TPSA) is 53.5 Å². The van der Waals surface area contributed by atoms with Crippen molar-refractivity contribution in [3.63, 3.8) is 0 Å². The van der Waals surface area contributed by atoms with Crippen molar-refractivity contribution in [1.82, 2.24) is 9.97 Å². The molecule has 0 atom stereocenters. The number of benzene rings is 2. The van der Waals surface area contributed by atoms with E-state index < -0.39 is 0 Å². The van der Waals surface area contributed by atoms with Crippen molar-refractivity contribution in [2.24, 2.45) is 0 Å². The summed E-state index contributed by atoms with van der Waals surface area (Å²) in [4.78, 5) is 13.6. The van der Waals surface area contributed by atoms with Crippen molar-refractivity contribution in [3.05, 3.63) is 72.1 Å². The number of nitrogens with zero attached hydrogens (tertiary/aromatic N) is 4. The van der Waals surface area contributed by atoms with Crippen LogP contribution in [0.1, 0.15) is 11.1 Å². The molecule has 150 valence electrons. The van der Waals surface area contributed by atoms with E-state index in [2.05, 4.69) is 68.4 Å². The predicted octanol–water partition coefficient (Wildman–Crippen LogP) is 3.73. The Morgan fingerprint density at radius 2 is 1.72 bits per heavy atom. The van der Waals surface area contributed by atoms with E-state index in [1.165, 1.54) is 11.1 Å². The minimum atomic E-state index is 0.750. The third kappa shape index (κ3) is 4.59. The lowest BCUT2D eigenvalue weighted by atomic mass is 10.1. The predicted molar refractivity (Wildman–Crippen MR) is 118 cm³/mol. The van der Waals surface area contributed by atoms with Gasteiger partial charge in [0.15, 0.2) is 0 Å². The molecule has 0 bridgehead atoms. The Morgan fingerprint density at radius 1 is 0.931 bits per heavy atom. The van der Waals surface area contributed by atoms with Gasteiger partial charge in [0.1, 0.15) is 23.7 Å². The van der Waals surface area contributed by atoms with Crippen LogP contribution >= 0.6 is 0 Å². The number of ether oxygens (including phenoxy) is 1. The smallest absolute Gasteiger partial charge is 0.142 e. The molecule has 0 aliphatic carbocycles. The number of para-hydroxylation sites is 2. The third-order valence-electron chi connectivity index (χ3n) is 5.24. The first-order valence-corrected chi connectivity index (χ1v) is 9.97. The van der Waals surface area contributed by atoms with Gasteiger partial charge in [-0.25, -0.2) is 9.97 Å². The molecule has 0 spiro atoms. The third-order valence-corrected chi connectivity index (χ3v) is 5.24. The Hall–Kier alpha value is -3.28. The summed E-state index contributed by atoms with van der Waals surface area (Å²) in [6.07, 6.45) is 1.64. The zero-order chi connectivity index (χ0) is 20.1. The largest absolute Gasteiger partial charge is 0.495 e. The van der Waals surface area contributed by atoms with Gasteiger partial charge in [-0.15, -0.1) is 0 Å². The Balaban J connectivity index is 1.38. The molecule has 6 nitrogen and oxygen atoms in total. The van der Waals surface area contributed by atoms with Gasteiger partial charge in [-0.2, -0.15) is 0 Å². The lowest BCUT2D eigenvalue weighted by Gasteiger charge is -2.37. The van der Waals surface area contributed by atoms with Crippen molar-refractivity contribution in [2.45, 2.75) is 13.5 Å². The second kappa shape index (κ2) is 8.82. The molecule has 1 N–H and O–H groups in total. The van der Waals surface area contributed by atoms with Crippen LogP contribution in [0.25, 0.3) is 0 Å². The van der Waals surface area contributed by atoms with Crippen molar-refractivity contribution >= 4 is 17.3 Å². The highest BCUT2D eigenvalue weighted by molar-refractivity contribution is 5.60. The van der Waals surface area contributed by atoms with Gasteiger partial charge in [0.2, 0.25) is 0 Å². The van der Waals surface area contributed by atoms with Crippen LogP contribution in [0, 0.1) is 6.92 Å². The van der Waals surface area contributed by atoms with Crippen LogP contribution in [-0.2, 0) is 6.54 Å². The molecule has 2 aromatic carbocycles. The molecule has 1 fully saturated rings. The average Bonchev–Trinajstić information content (AvgIpc) is 2.78. The maximum Gasteiger partial charge on any atom is 0.142 e. The van der Waals surface area contributed by atoms with Gasteiger partial charge in [0.05, 0.1) is 12.8 Å². The Morgan fingerprint density at radius 3 is 2.52 bits per heavy atom. The zero-order valence-corrected chi connectivity index (χ0v) is 17.0. The maximum absolute atomic E-state index is 5.51. The summed E-state index contributed by atoms with van der Waals surface area (Å²) in [7, 11) is 1.72. The molecular formula is C23H27N5O. The molecule has 2 heterocycles. The van der Waals surface area contributed by atoms with Crippen LogP contribution in [-0.4, -0.2) is 43.3 Å². The van der Waals surface area contributed by atoms with E-state index in [0.29, 0.717) is 0 Å². The maximum atomic E-state index is 5.51. The van der Waals surface area contributed by atoms with Gasteiger partial charge in [-0.05, 0) is 24.6 Å². The minimum absolute atomic E-state index is 0.750. The normalized spacial score (nSPS) is 14.0. The molecular weight excluding hydrogens is 362 g/mol.